The fraction of sp³-hybridized carbons (Fsp3) is 0.667. The van der Waals surface area contributed by atoms with Crippen molar-refractivity contribution in [3.63, 3.8) is 0 Å². The number of alkyl halides is 1. The maximum absolute atomic E-state index is 4.12. The molecule has 0 saturated carbocycles. The van der Waals surface area contributed by atoms with Crippen LogP contribution in [0.2, 0.25) is 0 Å². The van der Waals surface area contributed by atoms with Crippen molar-refractivity contribution in [2.24, 2.45) is 0 Å². The number of halogens is 1. The van der Waals surface area contributed by atoms with Gasteiger partial charge in [0.15, 0.2) is 0 Å². The van der Waals surface area contributed by atoms with Crippen molar-refractivity contribution in [3.05, 3.63) is 17.1 Å². The van der Waals surface area contributed by atoms with Gasteiger partial charge >= 0.3 is 0 Å². The molecule has 12 heavy (non-hydrogen) atoms. The summed E-state index contributed by atoms with van der Waals surface area (Å²) >= 11 is 5.18. The van der Waals surface area contributed by atoms with Gasteiger partial charge in [0.25, 0.3) is 0 Å². The largest absolute Gasteiger partial charge is 0.201 e. The lowest BCUT2D eigenvalue weighted by molar-refractivity contribution is 0.492. The second kappa shape index (κ2) is 3.88. The fourth-order valence-corrected chi connectivity index (χ4v) is 2.87. The van der Waals surface area contributed by atoms with Gasteiger partial charge in [-0.25, -0.2) is 4.37 Å². The quantitative estimate of drug-likeness (QED) is 0.745. The normalized spacial score (nSPS) is 14.7. The van der Waals surface area contributed by atoms with Crippen molar-refractivity contribution in [2.75, 3.05) is 0 Å². The van der Waals surface area contributed by atoms with Crippen LogP contribution in [0.15, 0.2) is 12.3 Å². The molecule has 68 valence electrons. The lowest BCUT2D eigenvalue weighted by Crippen LogP contribution is -2.19. The molecule has 1 unspecified atom stereocenters. The van der Waals surface area contributed by atoms with Crippen molar-refractivity contribution in [3.8, 4) is 0 Å². The van der Waals surface area contributed by atoms with Gasteiger partial charge in [0.1, 0.15) is 0 Å². The van der Waals surface area contributed by atoms with E-state index in [1.807, 2.05) is 6.20 Å². The summed E-state index contributed by atoms with van der Waals surface area (Å²) in [6, 6.07) is 2.11. The molecule has 0 fully saturated rings. The predicted molar refractivity (Wildman–Crippen MR) is 58.1 cm³/mol. The van der Waals surface area contributed by atoms with E-state index in [0.717, 1.165) is 6.42 Å². The summed E-state index contributed by atoms with van der Waals surface area (Å²) in [6.45, 7) is 6.71. The molecule has 1 rings (SSSR count). The van der Waals surface area contributed by atoms with Crippen LogP contribution in [0.25, 0.3) is 0 Å². The van der Waals surface area contributed by atoms with Gasteiger partial charge in [-0.1, -0.05) is 36.7 Å². The van der Waals surface area contributed by atoms with Gasteiger partial charge < -0.3 is 0 Å². The minimum absolute atomic E-state index is 0.254. The van der Waals surface area contributed by atoms with Gasteiger partial charge in [-0.15, -0.1) is 0 Å². The monoisotopic (exact) mass is 247 g/mol. The van der Waals surface area contributed by atoms with Crippen LogP contribution < -0.4 is 0 Å². The summed E-state index contributed by atoms with van der Waals surface area (Å²) in [5, 5.41) is 0. The van der Waals surface area contributed by atoms with Crippen molar-refractivity contribution in [1.82, 2.24) is 4.37 Å². The highest BCUT2D eigenvalue weighted by Gasteiger charge is 2.23. The lowest BCUT2D eigenvalue weighted by Gasteiger charge is -2.23. The molecule has 3 heteroatoms. The first-order valence-corrected chi connectivity index (χ1v) is 5.76. The Hall–Kier alpha value is 0.110. The molecule has 0 bridgehead atoms. The summed E-state index contributed by atoms with van der Waals surface area (Å²) in [5.74, 6) is 0. The number of hydrogen-bond acceptors (Lipinski definition) is 2. The highest BCUT2D eigenvalue weighted by molar-refractivity contribution is 9.09. The summed E-state index contributed by atoms with van der Waals surface area (Å²) in [5.41, 5.74) is 0.254. The zero-order valence-electron chi connectivity index (χ0n) is 7.67. The Bertz CT molecular complexity index is 229. The smallest absolute Gasteiger partial charge is 0.0409 e. The second-order valence-electron chi connectivity index (χ2n) is 3.75. The summed E-state index contributed by atoms with van der Waals surface area (Å²) < 4.78 is 4.12. The van der Waals surface area contributed by atoms with E-state index in [1.165, 1.54) is 4.88 Å². The molecule has 1 aromatic heterocycles. The molecule has 1 heterocycles. The summed E-state index contributed by atoms with van der Waals surface area (Å²) in [6.07, 6.45) is 3.02. The lowest BCUT2D eigenvalue weighted by atomic mass is 9.86. The van der Waals surface area contributed by atoms with Gasteiger partial charge in [-0.05, 0) is 24.0 Å². The summed E-state index contributed by atoms with van der Waals surface area (Å²) in [7, 11) is 0. The molecular formula is C9H14BrNS. The Morgan fingerprint density at radius 1 is 1.67 bits per heavy atom. The van der Waals surface area contributed by atoms with Crippen LogP contribution in [0, 0.1) is 0 Å². The summed E-state index contributed by atoms with van der Waals surface area (Å²) in [4.78, 5) is 1.93. The number of nitrogens with zero attached hydrogens (tertiary/aromatic N) is 1. The first-order chi connectivity index (χ1) is 5.52. The van der Waals surface area contributed by atoms with Gasteiger partial charge in [0.2, 0.25) is 0 Å². The highest BCUT2D eigenvalue weighted by Crippen LogP contribution is 2.32. The van der Waals surface area contributed by atoms with E-state index >= 15 is 0 Å². The number of aromatic nitrogens is 1. The maximum Gasteiger partial charge on any atom is 0.0409 e. The van der Waals surface area contributed by atoms with Gasteiger partial charge in [0, 0.05) is 21.3 Å². The molecule has 0 aromatic carbocycles. The maximum atomic E-state index is 4.12. The van der Waals surface area contributed by atoms with E-state index in [9.17, 15) is 0 Å². The zero-order chi connectivity index (χ0) is 9.19. The highest BCUT2D eigenvalue weighted by atomic mass is 79.9. The molecule has 1 aromatic rings. The molecule has 0 aliphatic heterocycles. The molecule has 0 radical (unpaired) electrons. The van der Waals surface area contributed by atoms with Crippen LogP contribution in [-0.2, 0) is 5.41 Å². The number of hydrogen-bond donors (Lipinski definition) is 0. The Labute approximate surface area is 86.5 Å². The molecule has 1 nitrogen and oxygen atoms in total. The molecular weight excluding hydrogens is 234 g/mol. The van der Waals surface area contributed by atoms with E-state index < -0.39 is 0 Å². The van der Waals surface area contributed by atoms with Crippen LogP contribution in [0.4, 0.5) is 0 Å². The van der Waals surface area contributed by atoms with Crippen LogP contribution in [0.1, 0.15) is 32.1 Å². The second-order valence-corrected chi connectivity index (χ2v) is 6.14. The Morgan fingerprint density at radius 2 is 2.33 bits per heavy atom. The van der Waals surface area contributed by atoms with Crippen LogP contribution in [0.3, 0.4) is 0 Å². The molecule has 0 saturated heterocycles. The van der Waals surface area contributed by atoms with Crippen molar-refractivity contribution in [2.45, 2.75) is 37.4 Å². The Balaban J connectivity index is 2.72. The molecule has 1 atom stereocenters. The first-order valence-electron chi connectivity index (χ1n) is 4.07. The third-order valence-corrected chi connectivity index (χ3v) is 3.33. The molecule has 0 aliphatic carbocycles. The third-order valence-electron chi connectivity index (χ3n) is 1.90. The Kier molecular flexibility index (Phi) is 3.29. The minimum atomic E-state index is 0.254. The van der Waals surface area contributed by atoms with E-state index in [4.69, 9.17) is 0 Å². The standard InChI is InChI=1S/C9H14BrNS/c1-7(10)6-9(2,3)8-4-5-11-12-8/h4-5,7H,6H2,1-3H3. The van der Waals surface area contributed by atoms with Crippen molar-refractivity contribution < 1.29 is 0 Å². The average Bonchev–Trinajstić information content (AvgIpc) is 2.32. The van der Waals surface area contributed by atoms with E-state index in [-0.39, 0.29) is 5.41 Å². The minimum Gasteiger partial charge on any atom is -0.201 e. The molecule has 0 aliphatic rings. The van der Waals surface area contributed by atoms with Crippen LogP contribution >= 0.6 is 27.5 Å². The van der Waals surface area contributed by atoms with Gasteiger partial charge in [-0.3, -0.25) is 0 Å². The van der Waals surface area contributed by atoms with Gasteiger partial charge in [0.05, 0.1) is 0 Å². The first kappa shape index (κ1) is 10.2. The zero-order valence-corrected chi connectivity index (χ0v) is 10.1. The van der Waals surface area contributed by atoms with Crippen LogP contribution in [0.5, 0.6) is 0 Å². The predicted octanol–water partition coefficient (Wildman–Crippen LogP) is 3.59. The van der Waals surface area contributed by atoms with Crippen LogP contribution in [-0.4, -0.2) is 9.20 Å². The topological polar surface area (TPSA) is 12.9 Å². The average molecular weight is 248 g/mol. The van der Waals surface area contributed by atoms with E-state index in [2.05, 4.69) is 47.1 Å². The number of rotatable bonds is 3. The molecule has 0 amide bonds. The fourth-order valence-electron chi connectivity index (χ4n) is 1.37. The SMILES string of the molecule is CC(Br)CC(C)(C)c1ccns1. The molecule has 0 spiro atoms. The van der Waals surface area contributed by atoms with Crippen molar-refractivity contribution >= 4 is 27.5 Å². The Morgan fingerprint density at radius 3 is 2.75 bits per heavy atom. The molecule has 0 N–H and O–H groups in total. The van der Waals surface area contributed by atoms with E-state index in [0.29, 0.717) is 4.83 Å². The van der Waals surface area contributed by atoms with Crippen molar-refractivity contribution in [1.29, 1.82) is 0 Å². The third kappa shape index (κ3) is 2.56. The van der Waals surface area contributed by atoms with Gasteiger partial charge in [-0.2, -0.15) is 0 Å². The van der Waals surface area contributed by atoms with E-state index in [1.54, 1.807) is 11.5 Å².